The molecule has 0 heterocycles. The third-order valence-electron chi connectivity index (χ3n) is 5.24. The van der Waals surface area contributed by atoms with Crippen molar-refractivity contribution < 1.29 is 0 Å². The van der Waals surface area contributed by atoms with Crippen molar-refractivity contribution in [1.82, 2.24) is 5.32 Å². The highest BCUT2D eigenvalue weighted by molar-refractivity contribution is 5.37. The van der Waals surface area contributed by atoms with Crippen LogP contribution in [0.1, 0.15) is 62.3 Å². The van der Waals surface area contributed by atoms with Crippen molar-refractivity contribution in [2.45, 2.75) is 62.3 Å². The largest absolute Gasteiger partial charge is 0.353 e. The molecule has 0 aromatic rings. The average molecular weight is 314 g/mol. The van der Waals surface area contributed by atoms with Gasteiger partial charge in [0.2, 0.25) is 0 Å². The van der Waals surface area contributed by atoms with E-state index in [-0.39, 0.29) is 16.2 Å². The highest BCUT2D eigenvalue weighted by Crippen LogP contribution is 2.43. The molecule has 1 aliphatic carbocycles. The van der Waals surface area contributed by atoms with Crippen molar-refractivity contribution >= 4 is 0 Å². The van der Waals surface area contributed by atoms with Gasteiger partial charge in [-0.3, -0.25) is 0 Å². The van der Waals surface area contributed by atoms with Crippen LogP contribution in [0, 0.1) is 22.2 Å². The lowest BCUT2D eigenvalue weighted by Gasteiger charge is -2.42. The molecule has 1 rings (SSSR count). The van der Waals surface area contributed by atoms with Crippen molar-refractivity contribution in [2.75, 3.05) is 0 Å². The first-order chi connectivity index (χ1) is 10.3. The van der Waals surface area contributed by atoms with Crippen LogP contribution in [0.5, 0.6) is 0 Å². The average Bonchev–Trinajstić information content (AvgIpc) is 2.61. The molecule has 0 spiro atoms. The molecule has 0 aromatic heterocycles. The van der Waals surface area contributed by atoms with Gasteiger partial charge in [0, 0.05) is 11.1 Å². The minimum absolute atomic E-state index is 0.00659. The normalized spacial score (nSPS) is 17.3. The van der Waals surface area contributed by atoms with Gasteiger partial charge in [0.1, 0.15) is 0 Å². The molecule has 1 unspecified atom stereocenters. The Morgan fingerprint density at radius 3 is 2.09 bits per heavy atom. The van der Waals surface area contributed by atoms with Crippen LogP contribution in [0.15, 0.2) is 53.6 Å². The van der Waals surface area contributed by atoms with Gasteiger partial charge in [0.15, 0.2) is 0 Å². The Hall–Kier alpha value is -1.46. The van der Waals surface area contributed by atoms with E-state index in [9.17, 15) is 0 Å². The highest BCUT2D eigenvalue weighted by Gasteiger charge is 2.36. The first kappa shape index (κ1) is 19.6. The summed E-state index contributed by atoms with van der Waals surface area (Å²) in [5.41, 5.74) is 7.00. The summed E-state index contributed by atoms with van der Waals surface area (Å²) < 4.78 is 0. The Bertz CT molecular complexity index is 576. The Balaban J connectivity index is 2.90. The SMILES string of the molecule is C=C(NC1=C=CC=C(C(C)(C)C)C=C1)C(C)(C)C(C)C(C)(C)C. The van der Waals surface area contributed by atoms with E-state index in [0.717, 1.165) is 11.4 Å². The van der Waals surface area contributed by atoms with Crippen LogP contribution < -0.4 is 5.32 Å². The maximum atomic E-state index is 4.32. The van der Waals surface area contributed by atoms with Crippen molar-refractivity contribution in [3.8, 4) is 0 Å². The van der Waals surface area contributed by atoms with Crippen LogP contribution >= 0.6 is 0 Å². The van der Waals surface area contributed by atoms with Crippen LogP contribution in [0.25, 0.3) is 0 Å². The van der Waals surface area contributed by atoms with Gasteiger partial charge in [-0.15, -0.1) is 0 Å². The molecule has 0 aliphatic heterocycles. The van der Waals surface area contributed by atoms with Crippen LogP contribution in [0.4, 0.5) is 0 Å². The Morgan fingerprint density at radius 1 is 1.04 bits per heavy atom. The summed E-state index contributed by atoms with van der Waals surface area (Å²) >= 11 is 0. The summed E-state index contributed by atoms with van der Waals surface area (Å²) in [5.74, 6) is 0.498. The van der Waals surface area contributed by atoms with E-state index in [4.69, 9.17) is 0 Å². The predicted molar refractivity (Wildman–Crippen MR) is 103 cm³/mol. The van der Waals surface area contributed by atoms with E-state index >= 15 is 0 Å². The lowest BCUT2D eigenvalue weighted by atomic mass is 9.65. The molecule has 0 fully saturated rings. The topological polar surface area (TPSA) is 12.0 Å². The van der Waals surface area contributed by atoms with Gasteiger partial charge in [-0.05, 0) is 34.5 Å². The highest BCUT2D eigenvalue weighted by atomic mass is 14.9. The molecule has 0 aromatic carbocycles. The molecule has 23 heavy (non-hydrogen) atoms. The Morgan fingerprint density at radius 2 is 1.61 bits per heavy atom. The van der Waals surface area contributed by atoms with Gasteiger partial charge < -0.3 is 5.32 Å². The number of rotatable bonds is 4. The first-order valence-electron chi connectivity index (χ1n) is 8.58. The molecule has 0 radical (unpaired) electrons. The van der Waals surface area contributed by atoms with Crippen LogP contribution in [0.2, 0.25) is 0 Å². The fraction of sp³-hybridized carbons (Fsp3) is 0.591. The Kier molecular flexibility index (Phi) is 5.60. The monoisotopic (exact) mass is 313 g/mol. The zero-order valence-electron chi connectivity index (χ0n) is 16.6. The van der Waals surface area contributed by atoms with Crippen LogP contribution in [-0.4, -0.2) is 0 Å². The molecule has 128 valence electrons. The summed E-state index contributed by atoms with van der Waals surface area (Å²) in [4.78, 5) is 0. The van der Waals surface area contributed by atoms with Crippen molar-refractivity contribution in [3.05, 3.63) is 53.6 Å². The molecular weight excluding hydrogens is 278 g/mol. The molecular formula is C22H35N. The Labute approximate surface area is 143 Å². The smallest absolute Gasteiger partial charge is 0.0815 e. The second-order valence-electron chi connectivity index (χ2n) is 9.34. The minimum Gasteiger partial charge on any atom is -0.353 e. The molecule has 1 heteroatoms. The predicted octanol–water partition coefficient (Wildman–Crippen LogP) is 6.38. The number of nitrogens with one attached hydrogen (secondary N) is 1. The van der Waals surface area contributed by atoms with Crippen LogP contribution in [-0.2, 0) is 0 Å². The number of allylic oxidation sites excluding steroid dienone is 5. The molecule has 0 saturated heterocycles. The van der Waals surface area contributed by atoms with Crippen molar-refractivity contribution in [2.24, 2.45) is 22.2 Å². The van der Waals surface area contributed by atoms with Gasteiger partial charge in [0.25, 0.3) is 0 Å². The fourth-order valence-corrected chi connectivity index (χ4v) is 2.74. The van der Waals surface area contributed by atoms with Gasteiger partial charge in [-0.1, -0.05) is 86.8 Å². The third kappa shape index (κ3) is 5.01. The van der Waals surface area contributed by atoms with E-state index < -0.39 is 0 Å². The standard InChI is InChI=1S/C22H35N/c1-16(20(3,4)5)22(9,10)17(2)23-19-13-11-12-18(14-15-19)21(6,7)8/h11-12,14-16,23H,2H2,1,3-10H3. The first-order valence-corrected chi connectivity index (χ1v) is 8.58. The quantitative estimate of drug-likeness (QED) is 0.594. The van der Waals surface area contributed by atoms with Gasteiger partial charge in [-0.2, -0.15) is 0 Å². The van der Waals surface area contributed by atoms with Gasteiger partial charge >= 0.3 is 0 Å². The third-order valence-corrected chi connectivity index (χ3v) is 5.24. The molecule has 0 amide bonds. The fourth-order valence-electron chi connectivity index (χ4n) is 2.74. The van der Waals surface area contributed by atoms with E-state index in [1.165, 1.54) is 5.57 Å². The summed E-state index contributed by atoms with van der Waals surface area (Å²) in [6.07, 6.45) is 8.41. The zero-order valence-corrected chi connectivity index (χ0v) is 16.6. The summed E-state index contributed by atoms with van der Waals surface area (Å²) in [6, 6.07) is 0. The van der Waals surface area contributed by atoms with Crippen molar-refractivity contribution in [3.63, 3.8) is 0 Å². The van der Waals surface area contributed by atoms with Gasteiger partial charge in [-0.25, -0.2) is 0 Å². The lowest BCUT2D eigenvalue weighted by molar-refractivity contribution is 0.130. The van der Waals surface area contributed by atoms with Gasteiger partial charge in [0.05, 0.1) is 5.70 Å². The minimum atomic E-state index is -0.00659. The van der Waals surface area contributed by atoms with E-state index in [0.29, 0.717) is 5.92 Å². The molecule has 1 atom stereocenters. The summed E-state index contributed by atoms with van der Waals surface area (Å²) in [6.45, 7) is 24.7. The molecule has 0 saturated carbocycles. The maximum absolute atomic E-state index is 4.32. The van der Waals surface area contributed by atoms with E-state index in [1.54, 1.807) is 0 Å². The maximum Gasteiger partial charge on any atom is 0.0815 e. The second kappa shape index (κ2) is 6.57. The molecule has 1 nitrogen and oxygen atoms in total. The molecule has 0 bridgehead atoms. The lowest BCUT2D eigenvalue weighted by Crippen LogP contribution is -2.37. The number of hydrogen-bond donors (Lipinski definition) is 1. The molecule has 1 aliphatic rings. The molecule has 1 N–H and O–H groups in total. The summed E-state index contributed by atoms with van der Waals surface area (Å²) in [7, 11) is 0. The van der Waals surface area contributed by atoms with E-state index in [1.807, 2.05) is 6.08 Å². The number of hydrogen-bond acceptors (Lipinski definition) is 1. The van der Waals surface area contributed by atoms with Crippen molar-refractivity contribution in [1.29, 1.82) is 0 Å². The van der Waals surface area contributed by atoms with Crippen LogP contribution in [0.3, 0.4) is 0 Å². The van der Waals surface area contributed by atoms with E-state index in [2.05, 4.69) is 98.2 Å². The summed E-state index contributed by atoms with van der Waals surface area (Å²) in [5, 5.41) is 3.48. The second-order valence-corrected chi connectivity index (χ2v) is 9.34. The zero-order chi connectivity index (χ0) is 18.1.